The van der Waals surface area contributed by atoms with Gasteiger partial charge in [0.2, 0.25) is 0 Å². The second-order valence-corrected chi connectivity index (χ2v) is 4.32. The van der Waals surface area contributed by atoms with Crippen molar-refractivity contribution in [2.45, 2.75) is 19.0 Å². The van der Waals surface area contributed by atoms with Crippen molar-refractivity contribution >= 4 is 11.5 Å². The third kappa shape index (κ3) is 2.94. The van der Waals surface area contributed by atoms with Crippen molar-refractivity contribution in [3.63, 3.8) is 0 Å². The van der Waals surface area contributed by atoms with E-state index in [1.165, 1.54) is 13.3 Å². The van der Waals surface area contributed by atoms with E-state index in [-0.39, 0.29) is 11.9 Å². The van der Waals surface area contributed by atoms with E-state index in [1.807, 2.05) is 0 Å². The fraction of sp³-hybridized carbons (Fsp3) is 0.385. The lowest BCUT2D eigenvalue weighted by Crippen LogP contribution is -2.10. The molecule has 1 aromatic rings. The number of pyridine rings is 1. The predicted octanol–water partition coefficient (Wildman–Crippen LogP) is 3.07. The van der Waals surface area contributed by atoms with E-state index in [0.717, 1.165) is 12.3 Å². The van der Waals surface area contributed by atoms with Crippen LogP contribution in [0.25, 0.3) is 5.57 Å². The van der Waals surface area contributed by atoms with Crippen molar-refractivity contribution in [1.82, 2.24) is 4.98 Å². The molecule has 0 spiro atoms. The van der Waals surface area contributed by atoms with E-state index in [1.54, 1.807) is 6.08 Å². The lowest BCUT2D eigenvalue weighted by molar-refractivity contribution is -0.143. The van der Waals surface area contributed by atoms with Gasteiger partial charge in [-0.15, -0.1) is 0 Å². The Bertz CT molecular complexity index is 523. The quantitative estimate of drug-likeness (QED) is 0.776. The monoisotopic (exact) mass is 271 g/mol. The molecule has 1 unspecified atom stereocenters. The van der Waals surface area contributed by atoms with Crippen LogP contribution in [0.2, 0.25) is 0 Å². The molecule has 0 saturated carbocycles. The van der Waals surface area contributed by atoms with Crippen LogP contribution in [0.4, 0.5) is 13.2 Å². The summed E-state index contributed by atoms with van der Waals surface area (Å²) in [5.74, 6) is -0.746. The minimum atomic E-state index is -4.41. The first kappa shape index (κ1) is 13.6. The van der Waals surface area contributed by atoms with Crippen molar-refractivity contribution in [1.29, 1.82) is 0 Å². The molecular formula is C13H12F3NO2. The van der Waals surface area contributed by atoms with Gasteiger partial charge in [-0.25, -0.2) is 0 Å². The van der Waals surface area contributed by atoms with Gasteiger partial charge in [0, 0.05) is 12.4 Å². The van der Waals surface area contributed by atoms with E-state index in [2.05, 4.69) is 9.72 Å². The maximum atomic E-state index is 12.6. The Morgan fingerprint density at radius 1 is 1.42 bits per heavy atom. The van der Waals surface area contributed by atoms with Gasteiger partial charge in [-0.1, -0.05) is 6.08 Å². The molecule has 1 heterocycles. The van der Waals surface area contributed by atoms with Gasteiger partial charge >= 0.3 is 12.1 Å². The molecule has 6 heteroatoms. The molecule has 1 aliphatic carbocycles. The summed E-state index contributed by atoms with van der Waals surface area (Å²) >= 11 is 0. The van der Waals surface area contributed by atoms with Gasteiger partial charge in [-0.2, -0.15) is 13.2 Å². The molecule has 0 aliphatic heterocycles. The highest BCUT2D eigenvalue weighted by atomic mass is 19.4. The van der Waals surface area contributed by atoms with E-state index >= 15 is 0 Å². The Morgan fingerprint density at radius 2 is 2.16 bits per heavy atom. The zero-order valence-electron chi connectivity index (χ0n) is 10.2. The Labute approximate surface area is 108 Å². The molecule has 1 aliphatic rings. The molecule has 102 valence electrons. The molecular weight excluding hydrogens is 259 g/mol. The average Bonchev–Trinajstić information content (AvgIpc) is 2.86. The van der Waals surface area contributed by atoms with Crippen LogP contribution in [0.1, 0.15) is 24.0 Å². The van der Waals surface area contributed by atoms with Crippen molar-refractivity contribution in [3.8, 4) is 0 Å². The van der Waals surface area contributed by atoms with Gasteiger partial charge in [0.05, 0.1) is 18.6 Å². The summed E-state index contributed by atoms with van der Waals surface area (Å²) in [6.45, 7) is 0. The Kier molecular flexibility index (Phi) is 3.59. The third-order valence-electron chi connectivity index (χ3n) is 3.07. The summed E-state index contributed by atoms with van der Waals surface area (Å²) in [6, 6.07) is 1.05. The minimum Gasteiger partial charge on any atom is -0.469 e. The number of halogens is 3. The summed E-state index contributed by atoms with van der Waals surface area (Å²) in [5.41, 5.74) is 0.322. The number of methoxy groups -OCH3 is 1. The molecule has 0 fully saturated rings. The number of carbonyl (C=O) groups is 1. The lowest BCUT2D eigenvalue weighted by atomic mass is 10.1. The first-order chi connectivity index (χ1) is 8.91. The molecule has 1 aromatic heterocycles. The maximum Gasteiger partial charge on any atom is 0.417 e. The molecule has 0 amide bonds. The number of ether oxygens (including phenoxy) is 1. The van der Waals surface area contributed by atoms with Gasteiger partial charge in [0.25, 0.3) is 0 Å². The topological polar surface area (TPSA) is 39.2 Å². The molecule has 0 N–H and O–H groups in total. The second-order valence-electron chi connectivity index (χ2n) is 4.32. The number of hydrogen-bond donors (Lipinski definition) is 0. The van der Waals surface area contributed by atoms with Crippen molar-refractivity contribution in [2.75, 3.05) is 7.11 Å². The number of allylic oxidation sites excluding steroid dienone is 1. The number of alkyl halides is 3. The predicted molar refractivity (Wildman–Crippen MR) is 62.0 cm³/mol. The van der Waals surface area contributed by atoms with Gasteiger partial charge in [-0.05, 0) is 30.0 Å². The third-order valence-corrected chi connectivity index (χ3v) is 3.07. The highest BCUT2D eigenvalue weighted by molar-refractivity contribution is 5.80. The first-order valence-corrected chi connectivity index (χ1v) is 5.73. The van der Waals surface area contributed by atoms with Crippen LogP contribution in [0.3, 0.4) is 0 Å². The van der Waals surface area contributed by atoms with E-state index in [0.29, 0.717) is 24.0 Å². The Morgan fingerprint density at radius 3 is 2.79 bits per heavy atom. The average molecular weight is 271 g/mol. The van der Waals surface area contributed by atoms with Crippen LogP contribution < -0.4 is 0 Å². The maximum absolute atomic E-state index is 12.6. The Balaban J connectivity index is 2.26. The summed E-state index contributed by atoms with van der Waals surface area (Å²) < 4.78 is 42.4. The molecule has 1 atom stereocenters. The largest absolute Gasteiger partial charge is 0.469 e. The van der Waals surface area contributed by atoms with Gasteiger partial charge in [-0.3, -0.25) is 9.78 Å². The van der Waals surface area contributed by atoms with Gasteiger partial charge < -0.3 is 4.74 Å². The highest BCUT2D eigenvalue weighted by Crippen LogP contribution is 2.35. The van der Waals surface area contributed by atoms with Crippen molar-refractivity contribution in [3.05, 3.63) is 35.7 Å². The number of aromatic nitrogens is 1. The zero-order chi connectivity index (χ0) is 14.0. The lowest BCUT2D eigenvalue weighted by Gasteiger charge is -2.08. The van der Waals surface area contributed by atoms with Crippen LogP contribution in [0, 0.1) is 5.92 Å². The molecule has 0 radical (unpaired) electrons. The van der Waals surface area contributed by atoms with Crippen LogP contribution in [-0.4, -0.2) is 18.1 Å². The Hall–Kier alpha value is -1.85. The van der Waals surface area contributed by atoms with Gasteiger partial charge in [0.15, 0.2) is 0 Å². The SMILES string of the molecule is COC(=O)C1C=C(c2cncc(C(F)(F)F)c2)CC1. The summed E-state index contributed by atoms with van der Waals surface area (Å²) in [6.07, 6.45) is 0.505. The standard InChI is InChI=1S/C13H12F3NO2/c1-19-12(18)9-3-2-8(4-9)10-5-11(7-17-6-10)13(14,15)16/h4-7,9H,2-3H2,1H3. The molecule has 3 nitrogen and oxygen atoms in total. The van der Waals surface area contributed by atoms with Crippen LogP contribution in [0.15, 0.2) is 24.5 Å². The zero-order valence-corrected chi connectivity index (χ0v) is 10.2. The fourth-order valence-corrected chi connectivity index (χ4v) is 2.07. The van der Waals surface area contributed by atoms with E-state index in [4.69, 9.17) is 0 Å². The van der Waals surface area contributed by atoms with Crippen LogP contribution >= 0.6 is 0 Å². The smallest absolute Gasteiger partial charge is 0.417 e. The van der Waals surface area contributed by atoms with Crippen molar-refractivity contribution < 1.29 is 22.7 Å². The summed E-state index contributed by atoms with van der Waals surface area (Å²) in [5, 5.41) is 0. The fourth-order valence-electron chi connectivity index (χ4n) is 2.07. The van der Waals surface area contributed by atoms with Crippen LogP contribution in [-0.2, 0) is 15.7 Å². The normalized spacial score (nSPS) is 19.2. The summed E-state index contributed by atoms with van der Waals surface area (Å²) in [7, 11) is 1.29. The summed E-state index contributed by atoms with van der Waals surface area (Å²) in [4.78, 5) is 15.0. The minimum absolute atomic E-state index is 0.366. The van der Waals surface area contributed by atoms with E-state index < -0.39 is 11.7 Å². The first-order valence-electron chi connectivity index (χ1n) is 5.73. The molecule has 0 aromatic carbocycles. The number of esters is 1. The van der Waals surface area contributed by atoms with Crippen LogP contribution in [0.5, 0.6) is 0 Å². The van der Waals surface area contributed by atoms with E-state index in [9.17, 15) is 18.0 Å². The number of carbonyl (C=O) groups excluding carboxylic acids is 1. The van der Waals surface area contributed by atoms with Crippen molar-refractivity contribution in [2.24, 2.45) is 5.92 Å². The molecule has 19 heavy (non-hydrogen) atoms. The molecule has 2 rings (SSSR count). The molecule has 0 saturated heterocycles. The number of hydrogen-bond acceptors (Lipinski definition) is 3. The number of nitrogens with zero attached hydrogens (tertiary/aromatic N) is 1. The highest BCUT2D eigenvalue weighted by Gasteiger charge is 2.32. The number of rotatable bonds is 2. The molecule has 0 bridgehead atoms. The second kappa shape index (κ2) is 5.03. The van der Waals surface area contributed by atoms with Gasteiger partial charge in [0.1, 0.15) is 0 Å².